The van der Waals surface area contributed by atoms with Gasteiger partial charge in [-0.3, -0.25) is 4.79 Å². The van der Waals surface area contributed by atoms with E-state index in [9.17, 15) is 31.5 Å². The summed E-state index contributed by atoms with van der Waals surface area (Å²) in [7, 11) is -3.25. The molecule has 1 aliphatic heterocycles. The summed E-state index contributed by atoms with van der Waals surface area (Å²) in [5, 5.41) is 8.59. The number of benzene rings is 1. The molecule has 0 radical (unpaired) electrons. The van der Waals surface area contributed by atoms with Crippen LogP contribution in [0.3, 0.4) is 0 Å². The van der Waals surface area contributed by atoms with Crippen LogP contribution in [0, 0.1) is 17.5 Å². The maximum Gasteiger partial charge on any atom is 0.257 e. The number of sulfone groups is 1. The molecule has 1 N–H and O–H groups in total. The highest BCUT2D eigenvalue weighted by molar-refractivity contribution is 7.91. The topological polar surface area (TPSA) is 74.7 Å². The number of phenols is 1. The zero-order chi connectivity index (χ0) is 17.4. The number of nitrogens with zero attached hydrogens (tertiary/aromatic N) is 1. The van der Waals surface area contributed by atoms with Crippen molar-refractivity contribution >= 4 is 15.7 Å². The van der Waals surface area contributed by atoms with Crippen LogP contribution in [0.5, 0.6) is 5.75 Å². The lowest BCUT2D eigenvalue weighted by atomic mass is 10.1. The van der Waals surface area contributed by atoms with E-state index in [0.29, 0.717) is 18.9 Å². The molecule has 1 amide bonds. The molecule has 1 heterocycles. The van der Waals surface area contributed by atoms with Crippen LogP contribution in [-0.2, 0) is 9.84 Å². The van der Waals surface area contributed by atoms with Gasteiger partial charge in [0.15, 0.2) is 17.4 Å². The van der Waals surface area contributed by atoms with Crippen molar-refractivity contribution in [2.75, 3.05) is 19.3 Å². The van der Waals surface area contributed by atoms with Crippen molar-refractivity contribution in [1.82, 2.24) is 4.90 Å². The third kappa shape index (κ3) is 3.60. The second-order valence-corrected chi connectivity index (χ2v) is 7.88. The number of carbonyl (C=O) groups excluding carboxylic acids is 1. The predicted molar refractivity (Wildman–Crippen MR) is 76.4 cm³/mol. The second-order valence-electron chi connectivity index (χ2n) is 5.56. The van der Waals surface area contributed by atoms with E-state index in [2.05, 4.69) is 0 Å². The fourth-order valence-corrected chi connectivity index (χ4v) is 3.74. The van der Waals surface area contributed by atoms with Crippen molar-refractivity contribution in [2.24, 2.45) is 0 Å². The summed E-state index contributed by atoms with van der Waals surface area (Å²) < 4.78 is 63.3. The first kappa shape index (κ1) is 17.6. The second kappa shape index (κ2) is 6.38. The molecule has 9 heteroatoms. The number of amides is 1. The Morgan fingerprint density at radius 3 is 2.48 bits per heavy atom. The van der Waals surface area contributed by atoms with Crippen molar-refractivity contribution in [3.8, 4) is 5.75 Å². The zero-order valence-corrected chi connectivity index (χ0v) is 13.2. The summed E-state index contributed by atoms with van der Waals surface area (Å²) in [6, 6.07) is 0.395. The highest BCUT2D eigenvalue weighted by Crippen LogP contribution is 2.27. The lowest BCUT2D eigenvalue weighted by molar-refractivity contribution is 0.0755. The molecule has 1 aromatic carbocycles. The molecular formula is C14H16F3NO4S. The van der Waals surface area contributed by atoms with E-state index in [1.165, 1.54) is 4.90 Å². The zero-order valence-electron chi connectivity index (χ0n) is 12.4. The number of rotatable bonds is 2. The molecule has 1 aliphatic rings. The molecule has 0 saturated carbocycles. The molecule has 5 nitrogen and oxygen atoms in total. The largest absolute Gasteiger partial charge is 0.503 e. The molecule has 0 bridgehead atoms. The Morgan fingerprint density at radius 2 is 1.87 bits per heavy atom. The Bertz CT molecular complexity index is 736. The minimum absolute atomic E-state index is 0.0514. The minimum Gasteiger partial charge on any atom is -0.503 e. The first-order valence-electron chi connectivity index (χ1n) is 6.97. The van der Waals surface area contributed by atoms with E-state index in [1.54, 1.807) is 0 Å². The fourth-order valence-electron chi connectivity index (χ4n) is 2.61. The quantitative estimate of drug-likeness (QED) is 0.825. The number of hydrogen-bond donors (Lipinski definition) is 1. The minimum atomic E-state index is -3.25. The van der Waals surface area contributed by atoms with Gasteiger partial charge < -0.3 is 10.0 Å². The molecule has 1 atom stereocenters. The van der Waals surface area contributed by atoms with Crippen LogP contribution in [-0.4, -0.2) is 48.9 Å². The van der Waals surface area contributed by atoms with Crippen molar-refractivity contribution in [3.05, 3.63) is 29.1 Å². The van der Waals surface area contributed by atoms with Gasteiger partial charge in [0.2, 0.25) is 5.82 Å². The van der Waals surface area contributed by atoms with Crippen molar-refractivity contribution < 1.29 is 31.5 Å². The third-order valence-corrected chi connectivity index (χ3v) is 5.61. The molecule has 0 unspecified atom stereocenters. The van der Waals surface area contributed by atoms with Gasteiger partial charge in [-0.2, -0.15) is 4.39 Å². The van der Waals surface area contributed by atoms with Crippen molar-refractivity contribution in [1.29, 1.82) is 0 Å². The van der Waals surface area contributed by atoms with Gasteiger partial charge in [0.1, 0.15) is 9.84 Å². The Balaban J connectivity index is 2.25. The Morgan fingerprint density at radius 1 is 1.22 bits per heavy atom. The van der Waals surface area contributed by atoms with Gasteiger partial charge in [-0.05, 0) is 25.3 Å². The maximum atomic E-state index is 13.8. The summed E-state index contributed by atoms with van der Waals surface area (Å²) in [6.45, 7) is 0.222. The maximum absolute atomic E-state index is 13.8. The molecular weight excluding hydrogens is 335 g/mol. The van der Waals surface area contributed by atoms with Crippen LogP contribution >= 0.6 is 0 Å². The summed E-state index contributed by atoms with van der Waals surface area (Å²) >= 11 is 0. The number of aromatic hydroxyl groups is 1. The molecule has 23 heavy (non-hydrogen) atoms. The predicted octanol–water partition coefficient (Wildman–Crippen LogP) is 1.85. The normalized spacial score (nSPS) is 19.5. The van der Waals surface area contributed by atoms with Gasteiger partial charge in [-0.25, -0.2) is 17.2 Å². The summed E-state index contributed by atoms with van der Waals surface area (Å²) in [5.74, 6) is -7.27. The lowest BCUT2D eigenvalue weighted by Gasteiger charge is -2.21. The van der Waals surface area contributed by atoms with Crippen LogP contribution in [0.1, 0.15) is 29.6 Å². The van der Waals surface area contributed by atoms with E-state index >= 15 is 0 Å². The Kier molecular flexibility index (Phi) is 4.88. The molecule has 0 spiro atoms. The van der Waals surface area contributed by atoms with Crippen LogP contribution < -0.4 is 0 Å². The van der Waals surface area contributed by atoms with Gasteiger partial charge >= 0.3 is 0 Å². The van der Waals surface area contributed by atoms with E-state index in [-0.39, 0.29) is 19.5 Å². The van der Waals surface area contributed by atoms with Gasteiger partial charge in [0, 0.05) is 19.3 Å². The average molecular weight is 351 g/mol. The van der Waals surface area contributed by atoms with E-state index in [0.717, 1.165) is 6.26 Å². The molecule has 2 rings (SSSR count). The number of hydrogen-bond acceptors (Lipinski definition) is 4. The van der Waals surface area contributed by atoms with Crippen molar-refractivity contribution in [3.63, 3.8) is 0 Å². The fraction of sp³-hybridized carbons (Fsp3) is 0.500. The summed E-state index contributed by atoms with van der Waals surface area (Å²) in [4.78, 5) is 13.5. The molecule has 0 aromatic heterocycles. The first-order chi connectivity index (χ1) is 10.6. The van der Waals surface area contributed by atoms with Gasteiger partial charge in [-0.15, -0.1) is 0 Å². The first-order valence-corrected chi connectivity index (χ1v) is 8.93. The standard InChI is InChI=1S/C14H16F3NO4S/c1-23(21,22)8-3-2-5-18(6-4-8)14(20)9-7-10(15)12(17)13(19)11(9)16/h7-8,19H,2-6H2,1H3/t8-/m0/s1. The third-order valence-electron chi connectivity index (χ3n) is 3.93. The number of phenolic OH excluding ortho intramolecular Hbond substituents is 1. The molecule has 128 valence electrons. The lowest BCUT2D eigenvalue weighted by Crippen LogP contribution is -2.33. The van der Waals surface area contributed by atoms with E-state index in [1.807, 2.05) is 0 Å². The van der Waals surface area contributed by atoms with Crippen LogP contribution in [0.4, 0.5) is 13.2 Å². The summed E-state index contributed by atoms with van der Waals surface area (Å²) in [6.07, 6.45) is 2.05. The molecule has 1 aromatic rings. The van der Waals surface area contributed by atoms with Crippen LogP contribution in [0.2, 0.25) is 0 Å². The highest BCUT2D eigenvalue weighted by atomic mass is 32.2. The monoisotopic (exact) mass is 351 g/mol. The molecule has 1 saturated heterocycles. The highest BCUT2D eigenvalue weighted by Gasteiger charge is 2.30. The van der Waals surface area contributed by atoms with Gasteiger partial charge in [0.05, 0.1) is 10.8 Å². The summed E-state index contributed by atoms with van der Waals surface area (Å²) in [5.41, 5.74) is -0.779. The molecule has 0 aliphatic carbocycles. The number of likely N-dealkylation sites (tertiary alicyclic amines) is 1. The van der Waals surface area contributed by atoms with Gasteiger partial charge in [-0.1, -0.05) is 0 Å². The van der Waals surface area contributed by atoms with Crippen molar-refractivity contribution in [2.45, 2.75) is 24.5 Å². The number of halogens is 3. The SMILES string of the molecule is CS(=O)(=O)[C@H]1CCCN(C(=O)c2cc(F)c(F)c(O)c2F)CC1. The van der Waals surface area contributed by atoms with Crippen LogP contribution in [0.25, 0.3) is 0 Å². The van der Waals surface area contributed by atoms with Gasteiger partial charge in [0.25, 0.3) is 5.91 Å². The Labute approximate surface area is 131 Å². The smallest absolute Gasteiger partial charge is 0.257 e. The number of carbonyl (C=O) groups is 1. The molecule has 1 fully saturated rings. The van der Waals surface area contributed by atoms with E-state index < -0.39 is 49.8 Å². The average Bonchev–Trinajstić information content (AvgIpc) is 2.74. The Hall–Kier alpha value is -1.77. The van der Waals surface area contributed by atoms with Crippen LogP contribution in [0.15, 0.2) is 6.07 Å². The van der Waals surface area contributed by atoms with E-state index in [4.69, 9.17) is 0 Å².